The topological polar surface area (TPSA) is 76.9 Å². The first kappa shape index (κ1) is 14.9. The van der Waals surface area contributed by atoms with Crippen molar-refractivity contribution in [1.82, 2.24) is 14.9 Å². The van der Waals surface area contributed by atoms with Gasteiger partial charge in [0.1, 0.15) is 17.4 Å². The van der Waals surface area contributed by atoms with Gasteiger partial charge in [-0.05, 0) is 27.7 Å². The van der Waals surface area contributed by atoms with Crippen molar-refractivity contribution < 1.29 is 9.18 Å². The molecule has 2 rings (SSSR count). The second-order valence-corrected chi connectivity index (χ2v) is 4.83. The summed E-state index contributed by atoms with van der Waals surface area (Å²) in [5.41, 5.74) is 3.94. The first-order valence-corrected chi connectivity index (χ1v) is 6.37. The first-order chi connectivity index (χ1) is 9.92. The van der Waals surface area contributed by atoms with Gasteiger partial charge in [-0.15, -0.1) is 0 Å². The number of nitriles is 1. The fourth-order valence-electron chi connectivity index (χ4n) is 2.20. The van der Waals surface area contributed by atoms with Gasteiger partial charge in [-0.3, -0.25) is 4.68 Å². The van der Waals surface area contributed by atoms with Crippen molar-refractivity contribution in [2.24, 2.45) is 7.05 Å². The molecule has 0 aliphatic carbocycles. The summed E-state index contributed by atoms with van der Waals surface area (Å²) < 4.78 is 12.0. The Kier molecular flexibility index (Phi) is 3.89. The van der Waals surface area contributed by atoms with E-state index in [0.29, 0.717) is 17.0 Å². The number of aromatic nitrogens is 3. The highest BCUT2D eigenvalue weighted by molar-refractivity contribution is 6.06. The van der Waals surface area contributed by atoms with Crippen molar-refractivity contribution in [1.29, 1.82) is 5.26 Å². The standard InChI is InChI=1S/C14H15BN4O2/c1-7-8(2)18-21-13(7)11(6-16)14(20-15)12-9(3)17-19(5)10(12)4/h1-5H3. The zero-order valence-electron chi connectivity index (χ0n) is 12.7. The zero-order valence-corrected chi connectivity index (χ0v) is 12.7. The quantitative estimate of drug-likeness (QED) is 0.489. The lowest BCUT2D eigenvalue weighted by Gasteiger charge is -2.10. The van der Waals surface area contributed by atoms with E-state index in [-0.39, 0.29) is 11.3 Å². The largest absolute Gasteiger partial charge is 0.566 e. The Balaban J connectivity index is 2.77. The Labute approximate surface area is 124 Å². The van der Waals surface area contributed by atoms with Crippen molar-refractivity contribution in [3.63, 3.8) is 0 Å². The van der Waals surface area contributed by atoms with Crippen LogP contribution in [0.15, 0.2) is 4.52 Å². The number of hydrogen-bond acceptors (Lipinski definition) is 5. The second-order valence-electron chi connectivity index (χ2n) is 4.83. The summed E-state index contributed by atoms with van der Waals surface area (Å²) >= 11 is 0. The highest BCUT2D eigenvalue weighted by Crippen LogP contribution is 2.32. The minimum Gasteiger partial charge on any atom is -0.566 e. The van der Waals surface area contributed by atoms with Gasteiger partial charge in [0.2, 0.25) is 0 Å². The monoisotopic (exact) mass is 282 g/mol. The van der Waals surface area contributed by atoms with E-state index in [1.807, 2.05) is 27.8 Å². The molecule has 0 amide bonds. The smallest absolute Gasteiger partial charge is 0.374 e. The normalized spacial score (nSPS) is 12.0. The lowest BCUT2D eigenvalue weighted by Crippen LogP contribution is -1.99. The van der Waals surface area contributed by atoms with E-state index >= 15 is 0 Å². The van der Waals surface area contributed by atoms with Crippen molar-refractivity contribution in [3.8, 4) is 6.07 Å². The van der Waals surface area contributed by atoms with Gasteiger partial charge in [0.15, 0.2) is 5.76 Å². The highest BCUT2D eigenvalue weighted by atomic mass is 16.5. The molecule has 0 saturated heterocycles. The minimum atomic E-state index is 0.204. The zero-order chi connectivity index (χ0) is 15.7. The second kappa shape index (κ2) is 5.48. The molecule has 2 aromatic rings. The third-order valence-electron chi connectivity index (χ3n) is 3.58. The van der Waals surface area contributed by atoms with E-state index in [4.69, 9.17) is 17.2 Å². The number of hydrogen-bond donors (Lipinski definition) is 0. The summed E-state index contributed by atoms with van der Waals surface area (Å²) in [6.45, 7) is 7.34. The number of aryl methyl sites for hydroxylation is 3. The van der Waals surface area contributed by atoms with Crippen LogP contribution in [0.3, 0.4) is 0 Å². The maximum Gasteiger partial charge on any atom is 0.374 e. The minimum absolute atomic E-state index is 0.204. The number of rotatable bonds is 3. The van der Waals surface area contributed by atoms with E-state index in [0.717, 1.165) is 17.0 Å². The molecule has 2 heterocycles. The summed E-state index contributed by atoms with van der Waals surface area (Å²) in [5, 5.41) is 17.7. The van der Waals surface area contributed by atoms with Gasteiger partial charge in [0.05, 0.1) is 17.0 Å². The molecule has 0 atom stereocenters. The molecule has 6 nitrogen and oxygen atoms in total. The predicted octanol–water partition coefficient (Wildman–Crippen LogP) is 2.13. The van der Waals surface area contributed by atoms with Crippen LogP contribution in [0.25, 0.3) is 11.3 Å². The van der Waals surface area contributed by atoms with Gasteiger partial charge < -0.3 is 9.18 Å². The molecule has 0 saturated carbocycles. The van der Waals surface area contributed by atoms with Gasteiger partial charge in [-0.25, -0.2) is 0 Å². The van der Waals surface area contributed by atoms with Gasteiger partial charge in [-0.1, -0.05) is 5.16 Å². The molecule has 7 heteroatoms. The Morgan fingerprint density at radius 2 is 1.95 bits per heavy atom. The van der Waals surface area contributed by atoms with Crippen LogP contribution in [0.4, 0.5) is 0 Å². The van der Waals surface area contributed by atoms with Crippen LogP contribution < -0.4 is 0 Å². The summed E-state index contributed by atoms with van der Waals surface area (Å²) in [5.74, 6) is 0.595. The Bertz CT molecular complexity index is 765. The summed E-state index contributed by atoms with van der Waals surface area (Å²) in [7, 11) is 7.23. The van der Waals surface area contributed by atoms with E-state index < -0.39 is 0 Å². The van der Waals surface area contributed by atoms with Crippen LogP contribution in [0.5, 0.6) is 0 Å². The lowest BCUT2D eigenvalue weighted by molar-refractivity contribution is 0.405. The van der Waals surface area contributed by atoms with E-state index in [1.165, 1.54) is 0 Å². The predicted molar refractivity (Wildman–Crippen MR) is 77.9 cm³/mol. The summed E-state index contributed by atoms with van der Waals surface area (Å²) in [6, 6.07) is 2.09. The summed E-state index contributed by atoms with van der Waals surface area (Å²) in [6.07, 6.45) is 0. The van der Waals surface area contributed by atoms with Crippen molar-refractivity contribution >= 4 is 19.4 Å². The maximum atomic E-state index is 9.51. The fourth-order valence-corrected chi connectivity index (χ4v) is 2.20. The molecular formula is C14H15BN4O2. The van der Waals surface area contributed by atoms with Crippen LogP contribution in [-0.2, 0) is 11.7 Å². The number of nitrogens with zero attached hydrogens (tertiary/aromatic N) is 4. The molecule has 0 N–H and O–H groups in total. The Morgan fingerprint density at radius 1 is 1.29 bits per heavy atom. The molecule has 21 heavy (non-hydrogen) atoms. The fraction of sp³-hybridized carbons (Fsp3) is 0.357. The van der Waals surface area contributed by atoms with Crippen LogP contribution >= 0.6 is 0 Å². The average molecular weight is 282 g/mol. The van der Waals surface area contributed by atoms with Gasteiger partial charge in [0, 0.05) is 18.3 Å². The van der Waals surface area contributed by atoms with Gasteiger partial charge in [-0.2, -0.15) is 10.4 Å². The third kappa shape index (κ3) is 2.33. The Hall–Kier alpha value is -2.49. The van der Waals surface area contributed by atoms with E-state index in [1.54, 1.807) is 11.6 Å². The molecule has 2 radical (unpaired) electrons. The molecule has 0 aliphatic rings. The molecule has 0 spiro atoms. The molecule has 106 valence electrons. The van der Waals surface area contributed by atoms with Crippen LogP contribution in [0.2, 0.25) is 0 Å². The molecule has 0 bridgehead atoms. The van der Waals surface area contributed by atoms with E-state index in [9.17, 15) is 5.26 Å². The third-order valence-corrected chi connectivity index (χ3v) is 3.58. The summed E-state index contributed by atoms with van der Waals surface area (Å²) in [4.78, 5) is 0. The molecule has 2 aromatic heterocycles. The lowest BCUT2D eigenvalue weighted by atomic mass is 10.0. The van der Waals surface area contributed by atoms with Gasteiger partial charge >= 0.3 is 8.05 Å². The van der Waals surface area contributed by atoms with E-state index in [2.05, 4.69) is 16.3 Å². The molecule has 0 aliphatic heterocycles. The van der Waals surface area contributed by atoms with Crippen LogP contribution in [0, 0.1) is 39.0 Å². The van der Waals surface area contributed by atoms with Crippen molar-refractivity contribution in [2.75, 3.05) is 0 Å². The van der Waals surface area contributed by atoms with Crippen LogP contribution in [-0.4, -0.2) is 23.0 Å². The first-order valence-electron chi connectivity index (χ1n) is 6.37. The average Bonchev–Trinajstić information content (AvgIpc) is 2.90. The van der Waals surface area contributed by atoms with Crippen molar-refractivity contribution in [3.05, 3.63) is 34.0 Å². The molecule has 0 aromatic carbocycles. The SMILES string of the molecule is [B]OC(=C(C#N)c1onc(C)c1C)c1c(C)nn(C)c1C. The van der Waals surface area contributed by atoms with Crippen LogP contribution in [0.1, 0.15) is 34.0 Å². The van der Waals surface area contributed by atoms with Gasteiger partial charge in [0.25, 0.3) is 0 Å². The molecular weight excluding hydrogens is 267 g/mol. The molecule has 0 fully saturated rings. The van der Waals surface area contributed by atoms with Crippen molar-refractivity contribution in [2.45, 2.75) is 27.7 Å². The highest BCUT2D eigenvalue weighted by Gasteiger charge is 2.23. The molecule has 0 unspecified atom stereocenters. The Morgan fingerprint density at radius 3 is 2.33 bits per heavy atom. The number of allylic oxidation sites excluding steroid dienone is 1. The maximum absolute atomic E-state index is 9.51.